The summed E-state index contributed by atoms with van der Waals surface area (Å²) in [7, 11) is 0. The molecule has 1 amide bonds. The number of carbonyl (C=O) groups is 1. The standard InChI is InChI=1S/C17H16N2O/c1-13-5-2-9-16(11-13)19-17(20)15-8-3-6-14(12-15)7-4-10-18/h2-3,5-6,8-9,11-12H,10,18H2,1H3,(H,19,20). The van der Waals surface area contributed by atoms with Crippen molar-refractivity contribution in [2.45, 2.75) is 6.92 Å². The van der Waals surface area contributed by atoms with E-state index in [-0.39, 0.29) is 5.91 Å². The lowest BCUT2D eigenvalue weighted by atomic mass is 10.1. The predicted octanol–water partition coefficient (Wildman–Crippen LogP) is 2.56. The van der Waals surface area contributed by atoms with E-state index >= 15 is 0 Å². The molecule has 2 rings (SSSR count). The summed E-state index contributed by atoms with van der Waals surface area (Å²) in [5.41, 5.74) is 8.59. The van der Waals surface area contributed by atoms with Crippen molar-refractivity contribution in [2.75, 3.05) is 11.9 Å². The molecule has 0 spiro atoms. The van der Waals surface area contributed by atoms with Crippen LogP contribution < -0.4 is 11.1 Å². The smallest absolute Gasteiger partial charge is 0.255 e. The first-order valence-corrected chi connectivity index (χ1v) is 6.36. The first-order chi connectivity index (χ1) is 9.69. The van der Waals surface area contributed by atoms with Crippen LogP contribution in [0, 0.1) is 18.8 Å². The molecule has 0 heterocycles. The monoisotopic (exact) mass is 264 g/mol. The number of hydrogen-bond acceptors (Lipinski definition) is 2. The van der Waals surface area contributed by atoms with E-state index in [2.05, 4.69) is 17.2 Å². The Morgan fingerprint density at radius 1 is 1.20 bits per heavy atom. The zero-order valence-corrected chi connectivity index (χ0v) is 11.3. The fraction of sp³-hybridized carbons (Fsp3) is 0.118. The van der Waals surface area contributed by atoms with Crippen molar-refractivity contribution in [3.05, 3.63) is 65.2 Å². The molecule has 0 aliphatic rings. The molecular formula is C17H16N2O. The summed E-state index contributed by atoms with van der Waals surface area (Å²) < 4.78 is 0. The first kappa shape index (κ1) is 13.9. The normalized spacial score (nSPS) is 9.50. The van der Waals surface area contributed by atoms with Crippen molar-refractivity contribution in [3.63, 3.8) is 0 Å². The molecule has 3 heteroatoms. The zero-order chi connectivity index (χ0) is 14.4. The van der Waals surface area contributed by atoms with E-state index in [1.807, 2.05) is 43.3 Å². The van der Waals surface area contributed by atoms with Gasteiger partial charge in [0.25, 0.3) is 5.91 Å². The fourth-order valence-corrected chi connectivity index (χ4v) is 1.82. The highest BCUT2D eigenvalue weighted by molar-refractivity contribution is 6.04. The van der Waals surface area contributed by atoms with Gasteiger partial charge < -0.3 is 11.1 Å². The van der Waals surface area contributed by atoms with Crippen LogP contribution in [0.4, 0.5) is 5.69 Å². The molecule has 0 saturated heterocycles. The third-order valence-corrected chi connectivity index (χ3v) is 2.74. The van der Waals surface area contributed by atoms with Gasteiger partial charge >= 0.3 is 0 Å². The predicted molar refractivity (Wildman–Crippen MR) is 81.5 cm³/mol. The number of amides is 1. The van der Waals surface area contributed by atoms with Gasteiger partial charge in [0.1, 0.15) is 0 Å². The van der Waals surface area contributed by atoms with Crippen molar-refractivity contribution in [1.29, 1.82) is 0 Å². The number of rotatable bonds is 2. The Morgan fingerprint density at radius 2 is 2.00 bits per heavy atom. The molecule has 100 valence electrons. The van der Waals surface area contributed by atoms with E-state index in [9.17, 15) is 4.79 Å². The third kappa shape index (κ3) is 3.71. The second-order valence-corrected chi connectivity index (χ2v) is 4.41. The molecule has 0 saturated carbocycles. The van der Waals surface area contributed by atoms with Crippen LogP contribution in [-0.2, 0) is 0 Å². The SMILES string of the molecule is Cc1cccc(NC(=O)c2cccc(C#CCN)c2)c1. The molecule has 0 radical (unpaired) electrons. The van der Waals surface area contributed by atoms with Crippen LogP contribution in [0.15, 0.2) is 48.5 Å². The number of carbonyl (C=O) groups excluding carboxylic acids is 1. The van der Waals surface area contributed by atoms with Gasteiger partial charge in [0, 0.05) is 16.8 Å². The van der Waals surface area contributed by atoms with Gasteiger partial charge in [-0.3, -0.25) is 4.79 Å². The highest BCUT2D eigenvalue weighted by Gasteiger charge is 2.06. The average Bonchev–Trinajstić information content (AvgIpc) is 2.45. The Hall–Kier alpha value is -2.57. The Balaban J connectivity index is 2.17. The highest BCUT2D eigenvalue weighted by atomic mass is 16.1. The first-order valence-electron chi connectivity index (χ1n) is 6.36. The van der Waals surface area contributed by atoms with Crippen molar-refractivity contribution < 1.29 is 4.79 Å². The summed E-state index contributed by atoms with van der Waals surface area (Å²) in [6, 6.07) is 14.9. The molecular weight excluding hydrogens is 248 g/mol. The van der Waals surface area contributed by atoms with Crippen LogP contribution >= 0.6 is 0 Å². The molecule has 0 aromatic heterocycles. The molecule has 0 unspecified atom stereocenters. The molecule has 3 nitrogen and oxygen atoms in total. The second-order valence-electron chi connectivity index (χ2n) is 4.41. The number of nitrogens with one attached hydrogen (secondary N) is 1. The molecule has 0 aliphatic carbocycles. The van der Waals surface area contributed by atoms with E-state index in [0.29, 0.717) is 12.1 Å². The Bertz CT molecular complexity index is 681. The van der Waals surface area contributed by atoms with Crippen molar-refractivity contribution in [3.8, 4) is 11.8 Å². The third-order valence-electron chi connectivity index (χ3n) is 2.74. The maximum absolute atomic E-state index is 12.2. The Morgan fingerprint density at radius 3 is 2.75 bits per heavy atom. The van der Waals surface area contributed by atoms with E-state index < -0.39 is 0 Å². The summed E-state index contributed by atoms with van der Waals surface area (Å²) in [6.07, 6.45) is 0. The number of benzene rings is 2. The van der Waals surface area contributed by atoms with Crippen LogP contribution in [0.2, 0.25) is 0 Å². The maximum Gasteiger partial charge on any atom is 0.255 e. The van der Waals surface area contributed by atoms with Crippen LogP contribution in [0.25, 0.3) is 0 Å². The number of hydrogen-bond donors (Lipinski definition) is 2. The van der Waals surface area contributed by atoms with Gasteiger partial charge in [-0.2, -0.15) is 0 Å². The lowest BCUT2D eigenvalue weighted by Crippen LogP contribution is -2.12. The Labute approximate surface area is 118 Å². The van der Waals surface area contributed by atoms with E-state index in [4.69, 9.17) is 5.73 Å². The minimum absolute atomic E-state index is 0.146. The van der Waals surface area contributed by atoms with Gasteiger partial charge in [0.05, 0.1) is 6.54 Å². The summed E-state index contributed by atoms with van der Waals surface area (Å²) in [4.78, 5) is 12.2. The molecule has 2 aromatic rings. The minimum Gasteiger partial charge on any atom is -0.322 e. The molecule has 3 N–H and O–H groups in total. The van der Waals surface area contributed by atoms with Crippen LogP contribution in [0.1, 0.15) is 21.5 Å². The second kappa shape index (κ2) is 6.55. The topological polar surface area (TPSA) is 55.1 Å². The lowest BCUT2D eigenvalue weighted by molar-refractivity contribution is 0.102. The van der Waals surface area contributed by atoms with E-state index in [1.54, 1.807) is 12.1 Å². The van der Waals surface area contributed by atoms with Crippen molar-refractivity contribution in [2.24, 2.45) is 5.73 Å². The molecule has 20 heavy (non-hydrogen) atoms. The van der Waals surface area contributed by atoms with Crippen molar-refractivity contribution >= 4 is 11.6 Å². The summed E-state index contributed by atoms with van der Waals surface area (Å²) in [5, 5.41) is 2.87. The zero-order valence-electron chi connectivity index (χ0n) is 11.3. The molecule has 0 aliphatic heterocycles. The van der Waals surface area contributed by atoms with Gasteiger partial charge in [0.2, 0.25) is 0 Å². The lowest BCUT2D eigenvalue weighted by Gasteiger charge is -2.06. The van der Waals surface area contributed by atoms with E-state index in [1.165, 1.54) is 0 Å². The van der Waals surface area contributed by atoms with Gasteiger partial charge in [-0.15, -0.1) is 0 Å². The van der Waals surface area contributed by atoms with Gasteiger partial charge in [-0.1, -0.05) is 30.0 Å². The van der Waals surface area contributed by atoms with E-state index in [0.717, 1.165) is 16.8 Å². The summed E-state index contributed by atoms with van der Waals surface area (Å²) >= 11 is 0. The quantitative estimate of drug-likeness (QED) is 0.819. The largest absolute Gasteiger partial charge is 0.322 e. The maximum atomic E-state index is 12.2. The molecule has 0 fully saturated rings. The fourth-order valence-electron chi connectivity index (χ4n) is 1.82. The molecule has 0 atom stereocenters. The molecule has 0 bridgehead atoms. The highest BCUT2D eigenvalue weighted by Crippen LogP contribution is 2.12. The van der Waals surface area contributed by atoms with Crippen LogP contribution in [0.5, 0.6) is 0 Å². The number of anilines is 1. The average molecular weight is 264 g/mol. The minimum atomic E-state index is -0.146. The van der Waals surface area contributed by atoms with Crippen LogP contribution in [-0.4, -0.2) is 12.5 Å². The van der Waals surface area contributed by atoms with Gasteiger partial charge in [-0.05, 0) is 42.8 Å². The number of aryl methyl sites for hydroxylation is 1. The van der Waals surface area contributed by atoms with Crippen molar-refractivity contribution in [1.82, 2.24) is 0 Å². The van der Waals surface area contributed by atoms with Gasteiger partial charge in [-0.25, -0.2) is 0 Å². The Kier molecular flexibility index (Phi) is 4.54. The van der Waals surface area contributed by atoms with Crippen LogP contribution in [0.3, 0.4) is 0 Å². The molecule has 2 aromatic carbocycles. The number of nitrogens with two attached hydrogens (primary N) is 1. The van der Waals surface area contributed by atoms with Gasteiger partial charge in [0.15, 0.2) is 0 Å². The summed E-state index contributed by atoms with van der Waals surface area (Å²) in [5.74, 6) is 5.55. The summed E-state index contributed by atoms with van der Waals surface area (Å²) in [6.45, 7) is 2.29.